The molecule has 0 aliphatic carbocycles. The number of hydrogen-bond acceptors (Lipinski definition) is 4. The summed E-state index contributed by atoms with van der Waals surface area (Å²) < 4.78 is 2.28. The molecule has 142 valence electrons. The zero-order chi connectivity index (χ0) is 18.8. The maximum atomic E-state index is 12.4. The van der Waals surface area contributed by atoms with E-state index >= 15 is 0 Å². The number of amides is 2. The van der Waals surface area contributed by atoms with Crippen molar-refractivity contribution in [1.29, 1.82) is 0 Å². The van der Waals surface area contributed by atoms with Crippen LogP contribution in [0.2, 0.25) is 0 Å². The lowest BCUT2D eigenvalue weighted by Gasteiger charge is -2.33. The number of hydrogen-bond donors (Lipinski definition) is 0. The van der Waals surface area contributed by atoms with Gasteiger partial charge in [-0.3, -0.25) is 14.5 Å². The molecule has 6 nitrogen and oxygen atoms in total. The summed E-state index contributed by atoms with van der Waals surface area (Å²) in [6.45, 7) is 6.44. The molecule has 0 N–H and O–H groups in total. The fourth-order valence-corrected chi connectivity index (χ4v) is 4.18. The second-order valence-corrected chi connectivity index (χ2v) is 7.44. The predicted octanol–water partition coefficient (Wildman–Crippen LogP) is 2.45. The Kier molecular flexibility index (Phi) is 5.07. The van der Waals surface area contributed by atoms with Crippen LogP contribution in [0.4, 0.5) is 0 Å². The highest BCUT2D eigenvalue weighted by molar-refractivity contribution is 6.21. The number of nitrogens with zero attached hydrogens (tertiary/aromatic N) is 4. The fourth-order valence-electron chi connectivity index (χ4n) is 4.18. The largest absolute Gasteiger partial charge is 0.335 e. The molecule has 2 aliphatic heterocycles. The molecule has 27 heavy (non-hydrogen) atoms. The van der Waals surface area contributed by atoms with E-state index in [0.717, 1.165) is 51.3 Å². The third-order valence-electron chi connectivity index (χ3n) is 5.80. The highest BCUT2D eigenvalue weighted by Gasteiger charge is 2.35. The van der Waals surface area contributed by atoms with Gasteiger partial charge in [0.05, 0.1) is 11.1 Å². The molecule has 0 spiro atoms. The average Bonchev–Trinajstić information content (AvgIpc) is 3.25. The normalized spacial score (nSPS) is 18.3. The third-order valence-corrected chi connectivity index (χ3v) is 5.80. The number of aryl methyl sites for hydroxylation is 1. The summed E-state index contributed by atoms with van der Waals surface area (Å²) in [7, 11) is 0. The van der Waals surface area contributed by atoms with Crippen LogP contribution in [0.3, 0.4) is 0 Å². The molecule has 1 aromatic heterocycles. The summed E-state index contributed by atoms with van der Waals surface area (Å²) in [6.07, 6.45) is 7.21. The van der Waals surface area contributed by atoms with Gasteiger partial charge in [-0.2, -0.15) is 0 Å². The van der Waals surface area contributed by atoms with Gasteiger partial charge >= 0.3 is 0 Å². The summed E-state index contributed by atoms with van der Waals surface area (Å²) in [5.74, 6) is 1.51. The first-order chi connectivity index (χ1) is 13.2. The van der Waals surface area contributed by atoms with Crippen LogP contribution in [-0.4, -0.2) is 57.3 Å². The zero-order valence-electron chi connectivity index (χ0n) is 15.8. The minimum absolute atomic E-state index is 0.155. The van der Waals surface area contributed by atoms with Crippen LogP contribution in [0, 0.1) is 5.92 Å². The number of carbonyl (C=O) groups is 2. The second-order valence-electron chi connectivity index (χ2n) is 7.44. The Labute approximate surface area is 159 Å². The number of carbonyl (C=O) groups excluding carboxylic acids is 2. The molecule has 2 amide bonds. The second kappa shape index (κ2) is 7.64. The number of piperidine rings is 1. The van der Waals surface area contributed by atoms with Crippen LogP contribution in [-0.2, 0) is 13.0 Å². The summed E-state index contributed by atoms with van der Waals surface area (Å²) in [4.78, 5) is 33.1. The van der Waals surface area contributed by atoms with E-state index in [1.54, 1.807) is 12.1 Å². The van der Waals surface area contributed by atoms with Crippen LogP contribution in [0.15, 0.2) is 36.7 Å². The quantitative estimate of drug-likeness (QED) is 0.737. The van der Waals surface area contributed by atoms with Crippen LogP contribution in [0.1, 0.15) is 46.3 Å². The van der Waals surface area contributed by atoms with Gasteiger partial charge in [-0.05, 0) is 44.0 Å². The van der Waals surface area contributed by atoms with Crippen molar-refractivity contribution in [2.75, 3.05) is 26.2 Å². The lowest BCUT2D eigenvalue weighted by molar-refractivity contribution is 0.0624. The van der Waals surface area contributed by atoms with E-state index in [0.29, 0.717) is 23.6 Å². The SMILES string of the molecule is CCc1nccn1CC1CCN(CCN2C(=O)c3ccccc3C2=O)CC1. The molecule has 3 heterocycles. The van der Waals surface area contributed by atoms with E-state index in [4.69, 9.17) is 0 Å². The van der Waals surface area contributed by atoms with Crippen molar-refractivity contribution in [3.8, 4) is 0 Å². The van der Waals surface area contributed by atoms with E-state index in [2.05, 4.69) is 27.6 Å². The smallest absolute Gasteiger partial charge is 0.261 e. The number of benzene rings is 1. The van der Waals surface area contributed by atoms with E-state index in [1.807, 2.05) is 18.3 Å². The molecule has 0 unspecified atom stereocenters. The number of imidazole rings is 1. The first-order valence-corrected chi connectivity index (χ1v) is 9.85. The van der Waals surface area contributed by atoms with E-state index in [1.165, 1.54) is 4.90 Å². The van der Waals surface area contributed by atoms with Crippen molar-refractivity contribution in [3.05, 3.63) is 53.6 Å². The van der Waals surface area contributed by atoms with Crippen molar-refractivity contribution in [1.82, 2.24) is 19.4 Å². The number of aromatic nitrogens is 2. The Balaban J connectivity index is 1.27. The zero-order valence-corrected chi connectivity index (χ0v) is 15.8. The Morgan fingerprint density at radius 1 is 1.04 bits per heavy atom. The van der Waals surface area contributed by atoms with Crippen molar-refractivity contribution < 1.29 is 9.59 Å². The summed E-state index contributed by atoms with van der Waals surface area (Å²) in [6, 6.07) is 7.09. The maximum absolute atomic E-state index is 12.4. The molecular weight excluding hydrogens is 340 g/mol. The molecule has 0 bridgehead atoms. The molecule has 1 fully saturated rings. The van der Waals surface area contributed by atoms with Crippen molar-refractivity contribution in [2.45, 2.75) is 32.7 Å². The van der Waals surface area contributed by atoms with Gasteiger partial charge in [0.2, 0.25) is 0 Å². The Bertz CT molecular complexity index is 801. The van der Waals surface area contributed by atoms with E-state index < -0.39 is 0 Å². The summed E-state index contributed by atoms with van der Waals surface area (Å²) in [5, 5.41) is 0. The van der Waals surface area contributed by atoms with Crippen LogP contribution in [0.25, 0.3) is 0 Å². The molecule has 0 atom stereocenters. The van der Waals surface area contributed by atoms with Crippen molar-refractivity contribution in [3.63, 3.8) is 0 Å². The summed E-state index contributed by atoms with van der Waals surface area (Å²) in [5.41, 5.74) is 1.07. The minimum Gasteiger partial charge on any atom is -0.335 e. The molecule has 6 heteroatoms. The Hall–Kier alpha value is -2.47. The molecular formula is C21H26N4O2. The fraction of sp³-hybridized carbons (Fsp3) is 0.476. The monoisotopic (exact) mass is 366 g/mol. The van der Waals surface area contributed by atoms with Crippen LogP contribution >= 0.6 is 0 Å². The number of rotatable bonds is 6. The van der Waals surface area contributed by atoms with Gasteiger partial charge in [0.25, 0.3) is 11.8 Å². The first kappa shape index (κ1) is 17.9. The third kappa shape index (κ3) is 3.54. The van der Waals surface area contributed by atoms with Gasteiger partial charge in [0.15, 0.2) is 0 Å². The van der Waals surface area contributed by atoms with Crippen molar-refractivity contribution in [2.24, 2.45) is 5.92 Å². The lowest BCUT2D eigenvalue weighted by atomic mass is 9.96. The first-order valence-electron chi connectivity index (χ1n) is 9.85. The van der Waals surface area contributed by atoms with Crippen molar-refractivity contribution >= 4 is 11.8 Å². The minimum atomic E-state index is -0.155. The molecule has 0 saturated carbocycles. The lowest BCUT2D eigenvalue weighted by Crippen LogP contribution is -2.42. The maximum Gasteiger partial charge on any atom is 0.261 e. The van der Waals surface area contributed by atoms with Crippen LogP contribution in [0.5, 0.6) is 0 Å². The highest BCUT2D eigenvalue weighted by atomic mass is 16.2. The Morgan fingerprint density at radius 3 is 2.33 bits per heavy atom. The molecule has 0 radical (unpaired) electrons. The molecule has 1 aromatic carbocycles. The van der Waals surface area contributed by atoms with Gasteiger partial charge in [-0.25, -0.2) is 4.98 Å². The number of fused-ring (bicyclic) bond motifs is 1. The number of likely N-dealkylation sites (tertiary alicyclic amines) is 1. The molecule has 2 aromatic rings. The molecule has 2 aliphatic rings. The highest BCUT2D eigenvalue weighted by Crippen LogP contribution is 2.23. The molecule has 1 saturated heterocycles. The van der Waals surface area contributed by atoms with Gasteiger partial charge in [0.1, 0.15) is 5.82 Å². The van der Waals surface area contributed by atoms with Gasteiger partial charge in [0, 0.05) is 38.4 Å². The average molecular weight is 366 g/mol. The van der Waals surface area contributed by atoms with E-state index in [-0.39, 0.29) is 11.8 Å². The standard InChI is InChI=1S/C21H26N4O2/c1-2-19-22-9-12-24(19)15-16-7-10-23(11-8-16)13-14-25-20(26)17-5-3-4-6-18(17)21(25)27/h3-6,9,12,16H,2,7-8,10-11,13-15H2,1H3. The number of imide groups is 1. The van der Waals surface area contributed by atoms with Gasteiger partial charge in [-0.1, -0.05) is 19.1 Å². The topological polar surface area (TPSA) is 58.4 Å². The van der Waals surface area contributed by atoms with E-state index in [9.17, 15) is 9.59 Å². The summed E-state index contributed by atoms with van der Waals surface area (Å²) >= 11 is 0. The predicted molar refractivity (Wildman–Crippen MR) is 103 cm³/mol. The van der Waals surface area contributed by atoms with Gasteiger partial charge in [-0.15, -0.1) is 0 Å². The van der Waals surface area contributed by atoms with Gasteiger partial charge < -0.3 is 9.47 Å². The Morgan fingerprint density at radius 2 is 1.70 bits per heavy atom. The van der Waals surface area contributed by atoms with Crippen LogP contribution < -0.4 is 0 Å². The molecule has 4 rings (SSSR count).